The summed E-state index contributed by atoms with van der Waals surface area (Å²) in [5, 5.41) is 3.55. The van der Waals surface area contributed by atoms with Crippen LogP contribution in [-0.2, 0) is 0 Å². The molecule has 1 unspecified atom stereocenters. The van der Waals surface area contributed by atoms with Gasteiger partial charge in [0.2, 0.25) is 0 Å². The van der Waals surface area contributed by atoms with Gasteiger partial charge < -0.3 is 10.2 Å². The van der Waals surface area contributed by atoms with Gasteiger partial charge in [-0.2, -0.15) is 0 Å². The van der Waals surface area contributed by atoms with Gasteiger partial charge in [-0.25, -0.2) is 0 Å². The fraction of sp³-hybridized carbons (Fsp3) is 1.00. The predicted molar refractivity (Wildman–Crippen MR) is 69.7 cm³/mol. The van der Waals surface area contributed by atoms with Crippen molar-refractivity contribution in [2.45, 2.75) is 46.5 Å². The normalized spacial score (nSPS) is 36.2. The molecule has 0 spiro atoms. The minimum absolute atomic E-state index is 0.528. The van der Waals surface area contributed by atoms with E-state index < -0.39 is 0 Å². The number of likely N-dealkylation sites (tertiary alicyclic amines) is 1. The first kappa shape index (κ1) is 12.4. The molecular formula is C14H28N2. The molecule has 2 saturated heterocycles. The van der Waals surface area contributed by atoms with Crippen molar-refractivity contribution in [1.82, 2.24) is 10.2 Å². The Kier molecular flexibility index (Phi) is 3.60. The van der Waals surface area contributed by atoms with Crippen molar-refractivity contribution >= 4 is 0 Å². The van der Waals surface area contributed by atoms with E-state index in [1.54, 1.807) is 0 Å². The molecule has 2 aliphatic heterocycles. The molecule has 1 N–H and O–H groups in total. The summed E-state index contributed by atoms with van der Waals surface area (Å²) in [6.07, 6.45) is 5.50. The number of hydrogen-bond acceptors (Lipinski definition) is 2. The SMILES string of the molecule is CC1(C)CCN(CC2(C)CCCNC2)CC1. The van der Waals surface area contributed by atoms with Crippen LogP contribution in [0.1, 0.15) is 46.5 Å². The van der Waals surface area contributed by atoms with Crippen molar-refractivity contribution < 1.29 is 0 Å². The van der Waals surface area contributed by atoms with Gasteiger partial charge in [-0.1, -0.05) is 20.8 Å². The zero-order chi connectivity index (χ0) is 11.6. The molecule has 0 aliphatic carbocycles. The third-order valence-electron chi connectivity index (χ3n) is 4.50. The van der Waals surface area contributed by atoms with E-state index in [2.05, 4.69) is 31.0 Å². The fourth-order valence-electron chi connectivity index (χ4n) is 3.11. The fourth-order valence-corrected chi connectivity index (χ4v) is 3.11. The Labute approximate surface area is 101 Å². The summed E-state index contributed by atoms with van der Waals surface area (Å²) in [5.74, 6) is 0. The van der Waals surface area contributed by atoms with Crippen LogP contribution in [0.3, 0.4) is 0 Å². The van der Waals surface area contributed by atoms with Gasteiger partial charge in [0.25, 0.3) is 0 Å². The summed E-state index contributed by atoms with van der Waals surface area (Å²) < 4.78 is 0. The molecule has 0 aromatic heterocycles. The Morgan fingerprint density at radius 2 is 1.75 bits per heavy atom. The largest absolute Gasteiger partial charge is 0.316 e. The van der Waals surface area contributed by atoms with E-state index in [1.807, 2.05) is 0 Å². The number of piperidine rings is 2. The van der Waals surface area contributed by atoms with Crippen LogP contribution in [-0.4, -0.2) is 37.6 Å². The Balaban J connectivity index is 1.81. The van der Waals surface area contributed by atoms with Crippen LogP contribution in [0.4, 0.5) is 0 Å². The molecule has 0 amide bonds. The van der Waals surface area contributed by atoms with E-state index in [0.29, 0.717) is 10.8 Å². The van der Waals surface area contributed by atoms with Crippen LogP contribution in [0.2, 0.25) is 0 Å². The second-order valence-corrected chi connectivity index (χ2v) is 7.03. The minimum Gasteiger partial charge on any atom is -0.316 e. The van der Waals surface area contributed by atoms with Crippen LogP contribution >= 0.6 is 0 Å². The highest BCUT2D eigenvalue weighted by Gasteiger charge is 2.32. The van der Waals surface area contributed by atoms with Crippen LogP contribution in [0.5, 0.6) is 0 Å². The molecule has 2 rings (SSSR count). The molecule has 16 heavy (non-hydrogen) atoms. The molecule has 94 valence electrons. The molecule has 0 aromatic carbocycles. The quantitative estimate of drug-likeness (QED) is 0.775. The monoisotopic (exact) mass is 224 g/mol. The van der Waals surface area contributed by atoms with E-state index in [0.717, 1.165) is 0 Å². The van der Waals surface area contributed by atoms with Crippen molar-refractivity contribution in [3.8, 4) is 0 Å². The van der Waals surface area contributed by atoms with E-state index in [9.17, 15) is 0 Å². The zero-order valence-electron chi connectivity index (χ0n) is 11.3. The first-order valence-electron chi connectivity index (χ1n) is 6.92. The second-order valence-electron chi connectivity index (χ2n) is 7.03. The predicted octanol–water partition coefficient (Wildman–Crippen LogP) is 2.50. The lowest BCUT2D eigenvalue weighted by Gasteiger charge is -2.43. The van der Waals surface area contributed by atoms with Gasteiger partial charge in [0.05, 0.1) is 0 Å². The van der Waals surface area contributed by atoms with Gasteiger partial charge >= 0.3 is 0 Å². The summed E-state index contributed by atoms with van der Waals surface area (Å²) >= 11 is 0. The Morgan fingerprint density at radius 3 is 2.31 bits per heavy atom. The third kappa shape index (κ3) is 3.21. The molecule has 2 aliphatic rings. The summed E-state index contributed by atoms with van der Waals surface area (Å²) in [7, 11) is 0. The molecule has 0 radical (unpaired) electrons. The second kappa shape index (κ2) is 4.66. The van der Waals surface area contributed by atoms with Crippen LogP contribution in [0, 0.1) is 10.8 Å². The van der Waals surface area contributed by atoms with Gasteiger partial charge in [0.15, 0.2) is 0 Å². The van der Waals surface area contributed by atoms with Gasteiger partial charge in [0.1, 0.15) is 0 Å². The Hall–Kier alpha value is -0.0800. The molecule has 2 nitrogen and oxygen atoms in total. The number of rotatable bonds is 2. The maximum absolute atomic E-state index is 3.55. The summed E-state index contributed by atoms with van der Waals surface area (Å²) in [6.45, 7) is 13.6. The molecule has 2 heteroatoms. The molecule has 2 fully saturated rings. The summed E-state index contributed by atoms with van der Waals surface area (Å²) in [4.78, 5) is 2.69. The summed E-state index contributed by atoms with van der Waals surface area (Å²) in [6, 6.07) is 0. The maximum Gasteiger partial charge on any atom is 0.00475 e. The molecule has 2 heterocycles. The van der Waals surface area contributed by atoms with Crippen LogP contribution in [0.15, 0.2) is 0 Å². The lowest BCUT2D eigenvalue weighted by molar-refractivity contribution is 0.0763. The maximum atomic E-state index is 3.55. The topological polar surface area (TPSA) is 15.3 Å². The molecule has 0 bridgehead atoms. The lowest BCUT2D eigenvalue weighted by Crippen LogP contribution is -2.48. The van der Waals surface area contributed by atoms with Crippen molar-refractivity contribution in [3.63, 3.8) is 0 Å². The standard InChI is InChI=1S/C14H28N2/c1-13(2)6-9-16(10-7-13)12-14(3)5-4-8-15-11-14/h15H,4-12H2,1-3H3. The molecule has 0 aromatic rings. The average Bonchev–Trinajstić information content (AvgIpc) is 2.22. The van der Waals surface area contributed by atoms with Crippen molar-refractivity contribution in [2.24, 2.45) is 10.8 Å². The highest BCUT2D eigenvalue weighted by Crippen LogP contribution is 2.33. The van der Waals surface area contributed by atoms with E-state index in [-0.39, 0.29) is 0 Å². The Bertz CT molecular complexity index is 219. The summed E-state index contributed by atoms with van der Waals surface area (Å²) in [5.41, 5.74) is 1.11. The first-order valence-corrected chi connectivity index (χ1v) is 6.92. The van der Waals surface area contributed by atoms with E-state index in [4.69, 9.17) is 0 Å². The first-order chi connectivity index (χ1) is 7.49. The van der Waals surface area contributed by atoms with Crippen molar-refractivity contribution in [2.75, 3.05) is 32.7 Å². The third-order valence-corrected chi connectivity index (χ3v) is 4.50. The van der Waals surface area contributed by atoms with Crippen molar-refractivity contribution in [1.29, 1.82) is 0 Å². The minimum atomic E-state index is 0.528. The average molecular weight is 224 g/mol. The number of nitrogens with zero attached hydrogens (tertiary/aromatic N) is 1. The van der Waals surface area contributed by atoms with Crippen LogP contribution in [0.25, 0.3) is 0 Å². The van der Waals surface area contributed by atoms with Crippen molar-refractivity contribution in [3.05, 3.63) is 0 Å². The smallest absolute Gasteiger partial charge is 0.00475 e. The molecule has 1 atom stereocenters. The Morgan fingerprint density at radius 1 is 1.06 bits per heavy atom. The highest BCUT2D eigenvalue weighted by molar-refractivity contribution is 4.87. The number of nitrogens with one attached hydrogen (secondary N) is 1. The lowest BCUT2D eigenvalue weighted by atomic mass is 9.79. The zero-order valence-corrected chi connectivity index (χ0v) is 11.3. The van der Waals surface area contributed by atoms with E-state index >= 15 is 0 Å². The molecular weight excluding hydrogens is 196 g/mol. The van der Waals surface area contributed by atoms with Gasteiger partial charge in [-0.3, -0.25) is 0 Å². The molecule has 0 saturated carbocycles. The van der Waals surface area contributed by atoms with Crippen LogP contribution < -0.4 is 5.32 Å². The van der Waals surface area contributed by atoms with E-state index in [1.165, 1.54) is 58.4 Å². The van der Waals surface area contributed by atoms with Gasteiger partial charge in [0, 0.05) is 13.1 Å². The van der Waals surface area contributed by atoms with Gasteiger partial charge in [-0.05, 0) is 56.1 Å². The van der Waals surface area contributed by atoms with Gasteiger partial charge in [-0.15, -0.1) is 0 Å². The highest BCUT2D eigenvalue weighted by atomic mass is 15.1. The number of hydrogen-bond donors (Lipinski definition) is 1.